The Morgan fingerprint density at radius 1 is 1.13 bits per heavy atom. The number of alkyl halides is 2. The molecular weight excluding hydrogens is 406 g/mol. The van der Waals surface area contributed by atoms with E-state index < -0.39 is 6.43 Å². The molecule has 0 aliphatic heterocycles. The van der Waals surface area contributed by atoms with Crippen molar-refractivity contribution in [2.24, 2.45) is 0 Å². The van der Waals surface area contributed by atoms with Gasteiger partial charge in [0, 0.05) is 36.3 Å². The number of aromatic nitrogens is 2. The van der Waals surface area contributed by atoms with E-state index in [1.54, 1.807) is 30.3 Å². The van der Waals surface area contributed by atoms with Gasteiger partial charge in [-0.3, -0.25) is 9.59 Å². The van der Waals surface area contributed by atoms with E-state index in [0.29, 0.717) is 11.3 Å². The minimum absolute atomic E-state index is 0.0105. The monoisotopic (exact) mass is 428 g/mol. The summed E-state index contributed by atoms with van der Waals surface area (Å²) in [6, 6.07) is 10.9. The van der Waals surface area contributed by atoms with Crippen LogP contribution in [0.3, 0.4) is 0 Å². The first kappa shape index (κ1) is 22.1. The van der Waals surface area contributed by atoms with Crippen LogP contribution in [0.25, 0.3) is 10.9 Å². The number of carbonyl (C=O) groups is 2. The van der Waals surface area contributed by atoms with Crippen molar-refractivity contribution >= 4 is 22.7 Å². The van der Waals surface area contributed by atoms with Crippen molar-refractivity contribution in [3.05, 3.63) is 59.9 Å². The van der Waals surface area contributed by atoms with E-state index in [2.05, 4.69) is 15.3 Å². The highest BCUT2D eigenvalue weighted by atomic mass is 19.3. The van der Waals surface area contributed by atoms with Crippen molar-refractivity contribution in [2.45, 2.75) is 26.3 Å². The molecule has 0 unspecified atom stereocenters. The summed E-state index contributed by atoms with van der Waals surface area (Å²) in [6.07, 6.45) is -1.52. The quantitative estimate of drug-likeness (QED) is 0.616. The summed E-state index contributed by atoms with van der Waals surface area (Å²) in [5, 5.41) is 3.46. The fourth-order valence-corrected chi connectivity index (χ4v) is 2.84. The van der Waals surface area contributed by atoms with Gasteiger partial charge in [-0.2, -0.15) is 0 Å². The van der Waals surface area contributed by atoms with Crippen molar-refractivity contribution in [3.63, 3.8) is 0 Å². The lowest BCUT2D eigenvalue weighted by Crippen LogP contribution is -2.41. The Morgan fingerprint density at radius 3 is 2.55 bits per heavy atom. The second kappa shape index (κ2) is 9.46. The Bertz CT molecular complexity index is 1090. The molecule has 2 heterocycles. The van der Waals surface area contributed by atoms with Gasteiger partial charge in [0.05, 0.1) is 12.1 Å². The number of nitrogens with one attached hydrogen (secondary N) is 1. The van der Waals surface area contributed by atoms with Gasteiger partial charge in [0.1, 0.15) is 11.4 Å². The number of hydrogen-bond acceptors (Lipinski definition) is 5. The van der Waals surface area contributed by atoms with Crippen molar-refractivity contribution < 1.29 is 23.1 Å². The van der Waals surface area contributed by atoms with Crippen molar-refractivity contribution in [2.75, 3.05) is 13.6 Å². The topological polar surface area (TPSA) is 84.4 Å². The fourth-order valence-electron chi connectivity index (χ4n) is 2.84. The van der Waals surface area contributed by atoms with Gasteiger partial charge in [-0.15, -0.1) is 0 Å². The van der Waals surface area contributed by atoms with Crippen molar-refractivity contribution in [3.8, 4) is 11.6 Å². The van der Waals surface area contributed by atoms with Crippen LogP contribution in [0.4, 0.5) is 8.78 Å². The Morgan fingerprint density at radius 2 is 1.90 bits per heavy atom. The summed E-state index contributed by atoms with van der Waals surface area (Å²) < 4.78 is 30.8. The summed E-state index contributed by atoms with van der Waals surface area (Å²) in [7, 11) is 1.54. The van der Waals surface area contributed by atoms with Crippen LogP contribution in [-0.4, -0.2) is 46.3 Å². The fraction of sp³-hybridized carbons (Fsp3) is 0.273. The molecule has 3 aromatic rings. The van der Waals surface area contributed by atoms with Crippen LogP contribution < -0.4 is 10.1 Å². The zero-order chi connectivity index (χ0) is 22.5. The van der Waals surface area contributed by atoms with Gasteiger partial charge in [0.15, 0.2) is 0 Å². The van der Waals surface area contributed by atoms with Crippen molar-refractivity contribution in [1.82, 2.24) is 20.2 Å². The Balaban J connectivity index is 1.72. The van der Waals surface area contributed by atoms with E-state index in [1.165, 1.54) is 24.1 Å². The number of hydrogen-bond donors (Lipinski definition) is 1. The van der Waals surface area contributed by atoms with Crippen LogP contribution in [0.1, 0.15) is 36.3 Å². The molecule has 9 heteroatoms. The molecule has 1 aromatic carbocycles. The number of nitrogens with zero attached hydrogens (tertiary/aromatic N) is 3. The zero-order valence-electron chi connectivity index (χ0n) is 17.3. The third-order valence-corrected chi connectivity index (χ3v) is 4.29. The highest BCUT2D eigenvalue weighted by Crippen LogP contribution is 2.26. The molecule has 0 atom stereocenters. The first-order chi connectivity index (χ1) is 14.7. The molecule has 0 bridgehead atoms. The van der Waals surface area contributed by atoms with E-state index in [4.69, 9.17) is 4.74 Å². The lowest BCUT2D eigenvalue weighted by atomic mass is 10.2. The minimum atomic E-state index is -2.59. The van der Waals surface area contributed by atoms with Crippen LogP contribution in [-0.2, 0) is 4.79 Å². The Kier molecular flexibility index (Phi) is 6.74. The highest BCUT2D eigenvalue weighted by Gasteiger charge is 2.17. The lowest BCUT2D eigenvalue weighted by Gasteiger charge is -2.17. The number of benzene rings is 1. The molecule has 0 saturated heterocycles. The summed E-state index contributed by atoms with van der Waals surface area (Å²) in [5.74, 6) is 0.0195. The largest absolute Gasteiger partial charge is 0.439 e. The number of rotatable bonds is 7. The standard InChI is InChI=1S/C22H22F2N4O3/c1-13(2)26-19(29)12-28(3)22(30)18-7-4-14-10-16(6-8-17(14)27-18)31-20-9-5-15(11-25-20)21(23)24/h4-11,13,21H,12H2,1-3H3,(H,26,29). The smallest absolute Gasteiger partial charge is 0.272 e. The molecule has 1 N–H and O–H groups in total. The van der Waals surface area contributed by atoms with E-state index in [-0.39, 0.29) is 41.5 Å². The Labute approximate surface area is 178 Å². The molecule has 0 saturated carbocycles. The van der Waals surface area contributed by atoms with E-state index in [1.807, 2.05) is 13.8 Å². The van der Waals surface area contributed by atoms with E-state index in [0.717, 1.165) is 11.6 Å². The molecule has 3 rings (SSSR count). The van der Waals surface area contributed by atoms with Gasteiger partial charge in [0.25, 0.3) is 12.3 Å². The average molecular weight is 428 g/mol. The number of fused-ring (bicyclic) bond motifs is 1. The predicted octanol–water partition coefficient (Wildman–Crippen LogP) is 3.96. The van der Waals surface area contributed by atoms with Gasteiger partial charge in [-0.25, -0.2) is 18.7 Å². The molecule has 162 valence electrons. The first-order valence-electron chi connectivity index (χ1n) is 9.60. The molecule has 0 aliphatic rings. The first-order valence-corrected chi connectivity index (χ1v) is 9.60. The maximum absolute atomic E-state index is 12.6. The number of carbonyl (C=O) groups excluding carboxylic acids is 2. The van der Waals surface area contributed by atoms with Crippen LogP contribution in [0.2, 0.25) is 0 Å². The summed E-state index contributed by atoms with van der Waals surface area (Å²) >= 11 is 0. The second-order valence-electron chi connectivity index (χ2n) is 7.27. The predicted molar refractivity (Wildman–Crippen MR) is 111 cm³/mol. The van der Waals surface area contributed by atoms with Crippen LogP contribution in [0.5, 0.6) is 11.6 Å². The molecule has 2 aromatic heterocycles. The third kappa shape index (κ3) is 5.71. The normalized spacial score (nSPS) is 11.1. The third-order valence-electron chi connectivity index (χ3n) is 4.29. The summed E-state index contributed by atoms with van der Waals surface area (Å²) in [6.45, 7) is 3.62. The number of amides is 2. The zero-order valence-corrected chi connectivity index (χ0v) is 17.3. The van der Waals surface area contributed by atoms with Gasteiger partial charge < -0.3 is 15.0 Å². The number of halogens is 2. The van der Waals surface area contributed by atoms with Gasteiger partial charge >= 0.3 is 0 Å². The van der Waals surface area contributed by atoms with E-state index >= 15 is 0 Å². The molecule has 7 nitrogen and oxygen atoms in total. The number of ether oxygens (including phenoxy) is 1. The number of likely N-dealkylation sites (N-methyl/N-ethyl adjacent to an activating group) is 1. The molecule has 0 fully saturated rings. The second-order valence-corrected chi connectivity index (χ2v) is 7.27. The highest BCUT2D eigenvalue weighted by molar-refractivity contribution is 5.96. The molecule has 2 amide bonds. The Hall–Kier alpha value is -3.62. The summed E-state index contributed by atoms with van der Waals surface area (Å²) in [5.41, 5.74) is 0.600. The molecule has 31 heavy (non-hydrogen) atoms. The lowest BCUT2D eigenvalue weighted by molar-refractivity contribution is -0.122. The SMILES string of the molecule is CC(C)NC(=O)CN(C)C(=O)c1ccc2cc(Oc3ccc(C(F)F)cn3)ccc2n1. The minimum Gasteiger partial charge on any atom is -0.439 e. The van der Waals surface area contributed by atoms with Crippen LogP contribution in [0, 0.1) is 0 Å². The van der Waals surface area contributed by atoms with Crippen LogP contribution in [0.15, 0.2) is 48.7 Å². The average Bonchev–Trinajstić information content (AvgIpc) is 2.72. The molecule has 0 spiro atoms. The van der Waals surface area contributed by atoms with Gasteiger partial charge in [0.2, 0.25) is 11.8 Å². The molecule has 0 aliphatic carbocycles. The van der Waals surface area contributed by atoms with Crippen molar-refractivity contribution in [1.29, 1.82) is 0 Å². The van der Waals surface area contributed by atoms with Gasteiger partial charge in [-0.05, 0) is 44.2 Å². The van der Waals surface area contributed by atoms with Crippen LogP contribution >= 0.6 is 0 Å². The maximum atomic E-state index is 12.6. The number of pyridine rings is 2. The van der Waals surface area contributed by atoms with E-state index in [9.17, 15) is 18.4 Å². The molecular formula is C22H22F2N4O3. The van der Waals surface area contributed by atoms with Gasteiger partial charge in [-0.1, -0.05) is 6.07 Å². The maximum Gasteiger partial charge on any atom is 0.272 e. The molecule has 0 radical (unpaired) electrons. The summed E-state index contributed by atoms with van der Waals surface area (Å²) in [4.78, 5) is 34.0.